The molecule has 1 saturated carbocycles. The molecule has 3 rings (SSSR count). The fraction of sp³-hybridized carbons (Fsp3) is 0.625. The van der Waals surface area contributed by atoms with Gasteiger partial charge < -0.3 is 10.1 Å². The Morgan fingerprint density at radius 1 is 1.33 bits per heavy atom. The molecule has 136 valence electrons. The van der Waals surface area contributed by atoms with Crippen LogP contribution in [0.3, 0.4) is 0 Å². The Balaban J connectivity index is 0.00000144. The van der Waals surface area contributed by atoms with Crippen molar-refractivity contribution in [2.75, 3.05) is 33.3 Å². The fourth-order valence-corrected chi connectivity index (χ4v) is 3.22. The molecule has 1 saturated heterocycles. The van der Waals surface area contributed by atoms with E-state index < -0.39 is 0 Å². The highest BCUT2D eigenvalue weighted by Crippen LogP contribution is 2.41. The van der Waals surface area contributed by atoms with E-state index >= 15 is 0 Å². The topological polar surface area (TPSA) is 67.6 Å². The molecule has 2 fully saturated rings. The molecular weight excluding hydrogens is 353 g/mol. The van der Waals surface area contributed by atoms with E-state index in [9.17, 15) is 10.1 Å². The van der Waals surface area contributed by atoms with Crippen LogP contribution in [0.5, 0.6) is 5.75 Å². The number of rotatable bonds is 6. The Hall–Kier alpha value is -1.08. The predicted molar refractivity (Wildman–Crippen MR) is 98.7 cm³/mol. The minimum atomic E-state index is -0.353. The zero-order valence-electron chi connectivity index (χ0n) is 13.8. The van der Waals surface area contributed by atoms with Crippen molar-refractivity contribution >= 4 is 30.5 Å². The molecule has 1 atom stereocenters. The second kappa shape index (κ2) is 9.42. The van der Waals surface area contributed by atoms with Crippen LogP contribution in [0.2, 0.25) is 0 Å². The molecule has 0 spiro atoms. The van der Waals surface area contributed by atoms with Crippen LogP contribution in [0.4, 0.5) is 5.69 Å². The first-order chi connectivity index (χ1) is 10.7. The molecule has 1 N–H and O–H groups in total. The van der Waals surface area contributed by atoms with Gasteiger partial charge in [-0.15, -0.1) is 24.8 Å². The summed E-state index contributed by atoms with van der Waals surface area (Å²) in [6.45, 7) is 3.97. The number of nitro groups is 1. The molecule has 0 radical (unpaired) electrons. The van der Waals surface area contributed by atoms with Crippen LogP contribution < -0.4 is 10.1 Å². The molecule has 1 aromatic carbocycles. The fourth-order valence-electron chi connectivity index (χ4n) is 3.22. The Labute approximate surface area is 154 Å². The molecule has 1 aliphatic heterocycles. The van der Waals surface area contributed by atoms with Gasteiger partial charge in [0, 0.05) is 38.3 Å². The molecule has 0 bridgehead atoms. The number of benzene rings is 1. The average molecular weight is 378 g/mol. The molecule has 0 aromatic heterocycles. The number of halogens is 2. The third-order valence-electron chi connectivity index (χ3n) is 4.63. The highest BCUT2D eigenvalue weighted by Gasteiger charge is 2.31. The van der Waals surface area contributed by atoms with Gasteiger partial charge in [0.25, 0.3) is 0 Å². The zero-order valence-corrected chi connectivity index (χ0v) is 15.4. The van der Waals surface area contributed by atoms with Crippen LogP contribution in [0.15, 0.2) is 18.2 Å². The summed E-state index contributed by atoms with van der Waals surface area (Å²) in [5.41, 5.74) is 1.11. The third kappa shape index (κ3) is 4.96. The van der Waals surface area contributed by atoms with Gasteiger partial charge in [0.15, 0.2) is 5.75 Å². The van der Waals surface area contributed by atoms with Crippen LogP contribution in [-0.2, 0) is 0 Å². The Morgan fingerprint density at radius 2 is 2.00 bits per heavy atom. The first-order valence-corrected chi connectivity index (χ1v) is 7.96. The summed E-state index contributed by atoms with van der Waals surface area (Å²) >= 11 is 0. The molecule has 0 unspecified atom stereocenters. The molecule has 2 aliphatic rings. The van der Waals surface area contributed by atoms with Gasteiger partial charge in [-0.25, -0.2) is 0 Å². The van der Waals surface area contributed by atoms with E-state index in [1.165, 1.54) is 20.0 Å². The van der Waals surface area contributed by atoms with Gasteiger partial charge in [0.2, 0.25) is 0 Å². The minimum Gasteiger partial charge on any atom is -0.490 e. The molecule has 1 aliphatic carbocycles. The zero-order chi connectivity index (χ0) is 15.5. The Morgan fingerprint density at radius 3 is 2.54 bits per heavy atom. The summed E-state index contributed by atoms with van der Waals surface area (Å²) in [7, 11) is 1.47. The second-order valence-electron chi connectivity index (χ2n) is 6.17. The van der Waals surface area contributed by atoms with Gasteiger partial charge in [0.05, 0.1) is 12.0 Å². The number of nitrogens with zero attached hydrogens (tertiary/aromatic N) is 2. The first-order valence-electron chi connectivity index (χ1n) is 7.96. The summed E-state index contributed by atoms with van der Waals surface area (Å²) in [6.07, 6.45) is 3.69. The van der Waals surface area contributed by atoms with Gasteiger partial charge >= 0.3 is 5.69 Å². The van der Waals surface area contributed by atoms with Crippen LogP contribution in [0, 0.1) is 16.0 Å². The number of hydrogen-bond donors (Lipinski definition) is 1. The molecule has 0 amide bonds. The summed E-state index contributed by atoms with van der Waals surface area (Å²) in [4.78, 5) is 13.4. The molecule has 1 aromatic rings. The van der Waals surface area contributed by atoms with Gasteiger partial charge in [-0.2, -0.15) is 0 Å². The summed E-state index contributed by atoms with van der Waals surface area (Å²) in [5.74, 6) is 1.11. The lowest BCUT2D eigenvalue weighted by molar-refractivity contribution is -0.385. The van der Waals surface area contributed by atoms with Gasteiger partial charge in [-0.1, -0.05) is 18.9 Å². The molecule has 1 heterocycles. The van der Waals surface area contributed by atoms with E-state index in [4.69, 9.17) is 4.74 Å². The number of nitro benzene ring substituents is 1. The lowest BCUT2D eigenvalue weighted by Crippen LogP contribution is -2.45. The summed E-state index contributed by atoms with van der Waals surface area (Å²) in [5, 5.41) is 14.6. The minimum absolute atomic E-state index is 0. The monoisotopic (exact) mass is 377 g/mol. The van der Waals surface area contributed by atoms with Gasteiger partial charge in [-0.3, -0.25) is 15.0 Å². The predicted octanol–water partition coefficient (Wildman–Crippen LogP) is 3.19. The van der Waals surface area contributed by atoms with E-state index in [0.29, 0.717) is 5.75 Å². The van der Waals surface area contributed by atoms with Gasteiger partial charge in [-0.05, 0) is 24.0 Å². The van der Waals surface area contributed by atoms with Crippen molar-refractivity contribution in [2.45, 2.75) is 25.3 Å². The van der Waals surface area contributed by atoms with Crippen molar-refractivity contribution in [1.82, 2.24) is 10.2 Å². The van der Waals surface area contributed by atoms with Crippen molar-refractivity contribution in [1.29, 1.82) is 0 Å². The lowest BCUT2D eigenvalue weighted by Gasteiger charge is -2.35. The Kier molecular flexibility index (Phi) is 8.22. The maximum Gasteiger partial charge on any atom is 0.311 e. The van der Waals surface area contributed by atoms with Crippen LogP contribution in [-0.4, -0.2) is 43.1 Å². The first kappa shape index (κ1) is 21.0. The van der Waals surface area contributed by atoms with Crippen molar-refractivity contribution < 1.29 is 9.66 Å². The Bertz CT molecular complexity index is 549. The maximum absolute atomic E-state index is 11.3. The normalized spacial score (nSPS) is 18.9. The maximum atomic E-state index is 11.3. The number of methoxy groups -OCH3 is 1. The van der Waals surface area contributed by atoms with E-state index in [2.05, 4.69) is 10.2 Å². The standard InChI is InChI=1S/C16H23N3O3.2ClH/c1-22-16-5-4-13(11-15(16)19(20)21)14(10-12-2-3-12)18-8-6-17-7-9-18;;/h4-5,11-12,14,17H,2-3,6-10H2,1H3;2*1H/t14-;;/m1../s1. The lowest BCUT2D eigenvalue weighted by atomic mass is 9.98. The van der Waals surface area contributed by atoms with E-state index in [1.54, 1.807) is 12.1 Å². The third-order valence-corrected chi connectivity index (χ3v) is 4.63. The number of ether oxygens (including phenoxy) is 1. The SMILES string of the molecule is COc1ccc([C@@H](CC2CC2)N2CCNCC2)cc1[N+](=O)[O-].Cl.Cl. The summed E-state index contributed by atoms with van der Waals surface area (Å²) < 4.78 is 5.12. The molecular formula is C16H25Cl2N3O3. The van der Waals surface area contributed by atoms with Gasteiger partial charge in [0.1, 0.15) is 0 Å². The largest absolute Gasteiger partial charge is 0.490 e. The van der Waals surface area contributed by atoms with Crippen molar-refractivity contribution in [3.05, 3.63) is 33.9 Å². The average Bonchev–Trinajstić information content (AvgIpc) is 3.37. The van der Waals surface area contributed by atoms with Crippen molar-refractivity contribution in [3.8, 4) is 5.75 Å². The van der Waals surface area contributed by atoms with E-state index in [1.807, 2.05) is 6.07 Å². The summed E-state index contributed by atoms with van der Waals surface area (Å²) in [6, 6.07) is 5.70. The van der Waals surface area contributed by atoms with Crippen LogP contribution in [0.1, 0.15) is 30.9 Å². The smallest absolute Gasteiger partial charge is 0.311 e. The van der Waals surface area contributed by atoms with E-state index in [-0.39, 0.29) is 41.5 Å². The quantitative estimate of drug-likeness (QED) is 0.608. The second-order valence-corrected chi connectivity index (χ2v) is 6.17. The molecule has 24 heavy (non-hydrogen) atoms. The van der Waals surface area contributed by atoms with Crippen LogP contribution >= 0.6 is 24.8 Å². The number of hydrogen-bond acceptors (Lipinski definition) is 5. The van der Waals surface area contributed by atoms with Crippen molar-refractivity contribution in [2.24, 2.45) is 5.92 Å². The molecule has 8 heteroatoms. The highest BCUT2D eigenvalue weighted by molar-refractivity contribution is 5.85. The van der Waals surface area contributed by atoms with E-state index in [0.717, 1.165) is 44.1 Å². The molecule has 6 nitrogen and oxygen atoms in total. The van der Waals surface area contributed by atoms with Crippen molar-refractivity contribution in [3.63, 3.8) is 0 Å². The van der Waals surface area contributed by atoms with Crippen LogP contribution in [0.25, 0.3) is 0 Å². The highest BCUT2D eigenvalue weighted by atomic mass is 35.5. The number of nitrogens with one attached hydrogen (secondary N) is 1. The number of piperazine rings is 1.